The number of rotatable bonds is 5. The van der Waals surface area contributed by atoms with Crippen LogP contribution in [0.1, 0.15) is 53.4 Å². The van der Waals surface area contributed by atoms with E-state index in [0.717, 1.165) is 0 Å². The van der Waals surface area contributed by atoms with Crippen molar-refractivity contribution in [1.29, 1.82) is 0 Å². The highest BCUT2D eigenvalue weighted by atomic mass is 15.2. The van der Waals surface area contributed by atoms with E-state index < -0.39 is 0 Å². The Hall–Kier alpha value is -0.0800. The largest absolute Gasteiger partial charge is 0.326 e. The highest BCUT2D eigenvalue weighted by Gasteiger charge is 2.41. The standard InChI is InChI=1S/C13H28N2/c1-5-13(6-2,12(14)11(3)4)15-9-7-8-10-15/h11-12H,5-10,14H2,1-4H3. The Kier molecular flexibility index (Phi) is 4.60. The fourth-order valence-corrected chi connectivity index (χ4v) is 3.16. The molecule has 0 saturated carbocycles. The van der Waals surface area contributed by atoms with E-state index in [-0.39, 0.29) is 5.54 Å². The fourth-order valence-electron chi connectivity index (χ4n) is 3.16. The highest BCUT2D eigenvalue weighted by molar-refractivity contribution is 4.99. The monoisotopic (exact) mass is 212 g/mol. The molecule has 1 aliphatic rings. The summed E-state index contributed by atoms with van der Waals surface area (Å²) in [5.74, 6) is 0.575. The molecule has 0 radical (unpaired) electrons. The first-order valence-corrected chi connectivity index (χ1v) is 6.59. The third kappa shape index (κ3) is 2.36. The Balaban J connectivity index is 2.84. The van der Waals surface area contributed by atoms with Crippen LogP contribution < -0.4 is 5.73 Å². The van der Waals surface area contributed by atoms with E-state index in [4.69, 9.17) is 5.73 Å². The maximum Gasteiger partial charge on any atom is 0.0357 e. The van der Waals surface area contributed by atoms with E-state index in [0.29, 0.717) is 12.0 Å². The van der Waals surface area contributed by atoms with Crippen molar-refractivity contribution in [3.05, 3.63) is 0 Å². The second kappa shape index (κ2) is 5.31. The van der Waals surface area contributed by atoms with Crippen molar-refractivity contribution in [2.45, 2.75) is 65.0 Å². The van der Waals surface area contributed by atoms with Crippen molar-refractivity contribution in [3.63, 3.8) is 0 Å². The van der Waals surface area contributed by atoms with Crippen LogP contribution in [0.5, 0.6) is 0 Å². The lowest BCUT2D eigenvalue weighted by Crippen LogP contribution is -2.60. The molecule has 15 heavy (non-hydrogen) atoms. The molecule has 1 atom stereocenters. The van der Waals surface area contributed by atoms with Crippen LogP contribution in [-0.2, 0) is 0 Å². The van der Waals surface area contributed by atoms with Gasteiger partial charge in [-0.3, -0.25) is 4.90 Å². The number of nitrogens with zero attached hydrogens (tertiary/aromatic N) is 1. The maximum atomic E-state index is 6.45. The van der Waals surface area contributed by atoms with Crippen molar-refractivity contribution >= 4 is 0 Å². The zero-order chi connectivity index (χ0) is 11.5. The van der Waals surface area contributed by atoms with Gasteiger partial charge in [0.2, 0.25) is 0 Å². The van der Waals surface area contributed by atoms with Gasteiger partial charge in [0, 0.05) is 11.6 Å². The second-order valence-corrected chi connectivity index (χ2v) is 5.27. The lowest BCUT2D eigenvalue weighted by molar-refractivity contribution is 0.0602. The van der Waals surface area contributed by atoms with Crippen molar-refractivity contribution < 1.29 is 0 Å². The first kappa shape index (κ1) is 13.0. The minimum absolute atomic E-state index is 0.255. The summed E-state index contributed by atoms with van der Waals surface area (Å²) >= 11 is 0. The maximum absolute atomic E-state index is 6.45. The summed E-state index contributed by atoms with van der Waals surface area (Å²) in [4.78, 5) is 2.65. The zero-order valence-electron chi connectivity index (χ0n) is 10.9. The Morgan fingerprint density at radius 1 is 1.13 bits per heavy atom. The summed E-state index contributed by atoms with van der Waals surface area (Å²) in [6.45, 7) is 11.6. The molecule has 1 fully saturated rings. The van der Waals surface area contributed by atoms with Crippen LogP contribution >= 0.6 is 0 Å². The molecular weight excluding hydrogens is 184 g/mol. The quantitative estimate of drug-likeness (QED) is 0.759. The van der Waals surface area contributed by atoms with Gasteiger partial charge in [0.25, 0.3) is 0 Å². The SMILES string of the molecule is CCC(CC)(C(N)C(C)C)N1CCCC1. The van der Waals surface area contributed by atoms with Crippen molar-refractivity contribution in [3.8, 4) is 0 Å². The smallest absolute Gasteiger partial charge is 0.0357 e. The van der Waals surface area contributed by atoms with Crippen LogP contribution in [0.25, 0.3) is 0 Å². The van der Waals surface area contributed by atoms with Gasteiger partial charge >= 0.3 is 0 Å². The number of nitrogens with two attached hydrogens (primary N) is 1. The van der Waals surface area contributed by atoms with Crippen LogP contribution in [-0.4, -0.2) is 29.6 Å². The summed E-state index contributed by atoms with van der Waals surface area (Å²) in [5.41, 5.74) is 6.71. The van der Waals surface area contributed by atoms with Crippen LogP contribution in [0.3, 0.4) is 0 Å². The van der Waals surface area contributed by atoms with E-state index >= 15 is 0 Å². The molecule has 0 amide bonds. The van der Waals surface area contributed by atoms with Gasteiger partial charge in [0.05, 0.1) is 0 Å². The van der Waals surface area contributed by atoms with Crippen molar-refractivity contribution in [1.82, 2.24) is 4.90 Å². The molecule has 1 rings (SSSR count). The minimum atomic E-state index is 0.255. The molecule has 0 bridgehead atoms. The Labute approximate surface area is 95.2 Å². The molecule has 0 aliphatic carbocycles. The van der Waals surface area contributed by atoms with E-state index in [1.54, 1.807) is 0 Å². The van der Waals surface area contributed by atoms with Crippen molar-refractivity contribution in [2.75, 3.05) is 13.1 Å². The molecule has 2 N–H and O–H groups in total. The van der Waals surface area contributed by atoms with E-state index in [9.17, 15) is 0 Å². The molecule has 1 unspecified atom stereocenters. The number of likely N-dealkylation sites (tertiary alicyclic amines) is 1. The second-order valence-electron chi connectivity index (χ2n) is 5.27. The van der Waals surface area contributed by atoms with Gasteiger partial charge in [-0.05, 0) is 44.7 Å². The van der Waals surface area contributed by atoms with E-state index in [1.165, 1.54) is 38.8 Å². The molecule has 1 heterocycles. The van der Waals surface area contributed by atoms with E-state index in [1.807, 2.05) is 0 Å². The summed E-state index contributed by atoms with van der Waals surface area (Å²) in [7, 11) is 0. The third-order valence-corrected chi connectivity index (χ3v) is 4.30. The normalized spacial score (nSPS) is 21.2. The summed E-state index contributed by atoms with van der Waals surface area (Å²) in [5, 5.41) is 0. The zero-order valence-corrected chi connectivity index (χ0v) is 10.9. The van der Waals surface area contributed by atoms with Crippen LogP contribution in [0.15, 0.2) is 0 Å². The lowest BCUT2D eigenvalue weighted by Gasteiger charge is -2.47. The summed E-state index contributed by atoms with van der Waals surface area (Å²) in [6, 6.07) is 0.311. The van der Waals surface area contributed by atoms with Crippen LogP contribution in [0.2, 0.25) is 0 Å². The molecular formula is C13H28N2. The van der Waals surface area contributed by atoms with Crippen molar-refractivity contribution in [2.24, 2.45) is 11.7 Å². The van der Waals surface area contributed by atoms with Crippen LogP contribution in [0, 0.1) is 5.92 Å². The predicted molar refractivity (Wildman–Crippen MR) is 66.9 cm³/mol. The Morgan fingerprint density at radius 2 is 1.60 bits per heavy atom. The molecule has 1 aliphatic heterocycles. The third-order valence-electron chi connectivity index (χ3n) is 4.30. The first-order chi connectivity index (χ1) is 7.08. The molecule has 90 valence electrons. The van der Waals surface area contributed by atoms with Gasteiger partial charge in [-0.25, -0.2) is 0 Å². The fraction of sp³-hybridized carbons (Fsp3) is 1.00. The molecule has 2 heteroatoms. The minimum Gasteiger partial charge on any atom is -0.326 e. The number of hydrogen-bond donors (Lipinski definition) is 1. The molecule has 2 nitrogen and oxygen atoms in total. The topological polar surface area (TPSA) is 29.3 Å². The average molecular weight is 212 g/mol. The summed E-state index contributed by atoms with van der Waals surface area (Å²) in [6.07, 6.45) is 5.07. The molecule has 0 spiro atoms. The van der Waals surface area contributed by atoms with Gasteiger partial charge in [-0.15, -0.1) is 0 Å². The predicted octanol–water partition coefficient (Wildman–Crippen LogP) is 2.62. The lowest BCUT2D eigenvalue weighted by atomic mass is 9.78. The average Bonchev–Trinajstić information content (AvgIpc) is 2.74. The van der Waals surface area contributed by atoms with Gasteiger partial charge in [0.15, 0.2) is 0 Å². The van der Waals surface area contributed by atoms with E-state index in [2.05, 4.69) is 32.6 Å². The highest BCUT2D eigenvalue weighted by Crippen LogP contribution is 2.33. The Morgan fingerprint density at radius 3 is 1.93 bits per heavy atom. The number of hydrogen-bond acceptors (Lipinski definition) is 2. The molecule has 0 aromatic rings. The van der Waals surface area contributed by atoms with Crippen LogP contribution in [0.4, 0.5) is 0 Å². The molecule has 0 aromatic carbocycles. The molecule has 0 aromatic heterocycles. The molecule has 1 saturated heterocycles. The van der Waals surface area contributed by atoms with Gasteiger partial charge < -0.3 is 5.73 Å². The van der Waals surface area contributed by atoms with Gasteiger partial charge in [0.1, 0.15) is 0 Å². The van der Waals surface area contributed by atoms with Gasteiger partial charge in [-0.2, -0.15) is 0 Å². The van der Waals surface area contributed by atoms with Gasteiger partial charge in [-0.1, -0.05) is 27.7 Å². The summed E-state index contributed by atoms with van der Waals surface area (Å²) < 4.78 is 0. The Bertz CT molecular complexity index is 175. The first-order valence-electron chi connectivity index (χ1n) is 6.59.